The van der Waals surface area contributed by atoms with Gasteiger partial charge in [0.05, 0.1) is 6.54 Å². The number of carbonyl (C=O) groups is 3. The van der Waals surface area contributed by atoms with Crippen LogP contribution < -0.4 is 20.1 Å². The molecule has 2 aromatic rings. The molecule has 1 saturated carbocycles. The molecule has 8 nitrogen and oxygen atoms in total. The molecule has 2 N–H and O–H groups in total. The van der Waals surface area contributed by atoms with E-state index in [4.69, 9.17) is 9.47 Å². The van der Waals surface area contributed by atoms with Crippen LogP contribution in [0.1, 0.15) is 28.8 Å². The molecule has 1 aliphatic heterocycles. The van der Waals surface area contributed by atoms with Crippen molar-refractivity contribution in [3.05, 3.63) is 53.6 Å². The lowest BCUT2D eigenvalue weighted by Crippen LogP contribution is -2.43. The van der Waals surface area contributed by atoms with Crippen molar-refractivity contribution < 1.29 is 23.9 Å². The molecule has 0 radical (unpaired) electrons. The Kier molecular flexibility index (Phi) is 5.56. The van der Waals surface area contributed by atoms with Crippen LogP contribution >= 0.6 is 0 Å². The highest BCUT2D eigenvalue weighted by Crippen LogP contribution is 2.34. The van der Waals surface area contributed by atoms with E-state index in [2.05, 4.69) is 10.6 Å². The number of hydrogen-bond acceptors (Lipinski definition) is 5. The average Bonchev–Trinajstić information content (AvgIpc) is 3.47. The van der Waals surface area contributed by atoms with Crippen LogP contribution in [0.4, 0.5) is 5.69 Å². The van der Waals surface area contributed by atoms with Gasteiger partial charge < -0.3 is 25.0 Å². The second-order valence-electron chi connectivity index (χ2n) is 7.42. The molecule has 1 aliphatic carbocycles. The number of nitrogens with one attached hydrogen (secondary N) is 2. The number of benzene rings is 2. The topological polar surface area (TPSA) is 97.0 Å². The molecule has 0 aromatic heterocycles. The Morgan fingerprint density at radius 1 is 1.00 bits per heavy atom. The summed E-state index contributed by atoms with van der Waals surface area (Å²) < 4.78 is 10.6. The second-order valence-corrected chi connectivity index (χ2v) is 7.42. The van der Waals surface area contributed by atoms with Crippen molar-refractivity contribution >= 4 is 23.4 Å². The van der Waals surface area contributed by atoms with Crippen molar-refractivity contribution in [1.29, 1.82) is 0 Å². The monoisotopic (exact) mass is 409 g/mol. The molecular formula is C22H23N3O5. The van der Waals surface area contributed by atoms with Gasteiger partial charge in [0.25, 0.3) is 5.91 Å². The number of fused-ring (bicyclic) bond motifs is 1. The van der Waals surface area contributed by atoms with E-state index in [9.17, 15) is 14.4 Å². The summed E-state index contributed by atoms with van der Waals surface area (Å²) in [7, 11) is 0. The number of carbonyl (C=O) groups excluding carboxylic acids is 3. The molecule has 30 heavy (non-hydrogen) atoms. The zero-order chi connectivity index (χ0) is 21.1. The summed E-state index contributed by atoms with van der Waals surface area (Å²) in [5.74, 6) is 0.174. The fourth-order valence-electron chi connectivity index (χ4n) is 3.18. The molecule has 3 amide bonds. The molecule has 4 rings (SSSR count). The number of anilines is 1. The highest BCUT2D eigenvalue weighted by molar-refractivity contribution is 5.98. The van der Waals surface area contributed by atoms with E-state index >= 15 is 0 Å². The molecule has 0 atom stereocenters. The van der Waals surface area contributed by atoms with Crippen LogP contribution in [-0.4, -0.2) is 48.5 Å². The Hall–Kier alpha value is -3.55. The van der Waals surface area contributed by atoms with E-state index in [0.29, 0.717) is 22.7 Å². The Labute approximate surface area is 174 Å². The predicted molar refractivity (Wildman–Crippen MR) is 109 cm³/mol. The van der Waals surface area contributed by atoms with E-state index in [1.54, 1.807) is 35.2 Å². The number of aryl methyl sites for hydroxylation is 1. The van der Waals surface area contributed by atoms with E-state index in [-0.39, 0.29) is 43.6 Å². The SMILES string of the molecule is Cc1ccc(NC(=O)CNC(=O)CN(C(=O)c2ccc3c(c2)OCO3)C2CC2)cc1. The first-order chi connectivity index (χ1) is 14.5. The lowest BCUT2D eigenvalue weighted by Gasteiger charge is -2.22. The molecule has 0 spiro atoms. The van der Waals surface area contributed by atoms with Gasteiger partial charge in [0.1, 0.15) is 6.54 Å². The number of hydrogen-bond donors (Lipinski definition) is 2. The average molecular weight is 409 g/mol. The number of rotatable bonds is 7. The molecule has 156 valence electrons. The van der Waals surface area contributed by atoms with Gasteiger partial charge in [0, 0.05) is 17.3 Å². The third-order valence-corrected chi connectivity index (χ3v) is 4.96. The molecule has 1 fully saturated rings. The van der Waals surface area contributed by atoms with Crippen molar-refractivity contribution in [3.8, 4) is 11.5 Å². The Morgan fingerprint density at radius 2 is 1.73 bits per heavy atom. The van der Waals surface area contributed by atoms with Gasteiger partial charge in [-0.25, -0.2) is 0 Å². The molecule has 0 bridgehead atoms. The lowest BCUT2D eigenvalue weighted by atomic mass is 10.1. The first kappa shape index (κ1) is 19.8. The fraction of sp³-hybridized carbons (Fsp3) is 0.318. The Bertz CT molecular complexity index is 969. The zero-order valence-corrected chi connectivity index (χ0v) is 16.6. The quantitative estimate of drug-likeness (QED) is 0.730. The number of amides is 3. The van der Waals surface area contributed by atoms with Crippen molar-refractivity contribution in [2.45, 2.75) is 25.8 Å². The minimum Gasteiger partial charge on any atom is -0.454 e. The molecule has 2 aliphatic rings. The van der Waals surface area contributed by atoms with E-state index < -0.39 is 0 Å². The lowest BCUT2D eigenvalue weighted by molar-refractivity contribution is -0.124. The van der Waals surface area contributed by atoms with Gasteiger partial charge in [0.2, 0.25) is 18.6 Å². The number of nitrogens with zero attached hydrogens (tertiary/aromatic N) is 1. The van der Waals surface area contributed by atoms with Gasteiger partial charge >= 0.3 is 0 Å². The van der Waals surface area contributed by atoms with Gasteiger partial charge in [-0.15, -0.1) is 0 Å². The summed E-state index contributed by atoms with van der Waals surface area (Å²) in [5, 5.41) is 5.31. The van der Waals surface area contributed by atoms with Gasteiger partial charge in [-0.3, -0.25) is 14.4 Å². The molecule has 0 saturated heterocycles. The van der Waals surface area contributed by atoms with Crippen LogP contribution in [0.25, 0.3) is 0 Å². The first-order valence-electron chi connectivity index (χ1n) is 9.83. The summed E-state index contributed by atoms with van der Waals surface area (Å²) >= 11 is 0. The first-order valence-corrected chi connectivity index (χ1v) is 9.83. The highest BCUT2D eigenvalue weighted by Gasteiger charge is 2.34. The highest BCUT2D eigenvalue weighted by atomic mass is 16.7. The van der Waals surface area contributed by atoms with Gasteiger partial charge in [-0.1, -0.05) is 17.7 Å². The minimum atomic E-state index is -0.380. The Morgan fingerprint density at radius 3 is 2.47 bits per heavy atom. The van der Waals surface area contributed by atoms with Crippen LogP contribution in [0.5, 0.6) is 11.5 Å². The summed E-state index contributed by atoms with van der Waals surface area (Å²) in [6.45, 7) is 1.83. The van der Waals surface area contributed by atoms with Crippen LogP contribution in [0.15, 0.2) is 42.5 Å². The van der Waals surface area contributed by atoms with Crippen molar-refractivity contribution in [2.24, 2.45) is 0 Å². The van der Waals surface area contributed by atoms with Gasteiger partial charge in [0.15, 0.2) is 11.5 Å². The largest absolute Gasteiger partial charge is 0.454 e. The molecule has 0 unspecified atom stereocenters. The third kappa shape index (κ3) is 4.71. The van der Waals surface area contributed by atoms with E-state index in [1.807, 2.05) is 19.1 Å². The zero-order valence-electron chi connectivity index (χ0n) is 16.6. The van der Waals surface area contributed by atoms with Crippen LogP contribution in [-0.2, 0) is 9.59 Å². The van der Waals surface area contributed by atoms with Gasteiger partial charge in [-0.05, 0) is 50.1 Å². The smallest absolute Gasteiger partial charge is 0.254 e. The van der Waals surface area contributed by atoms with Crippen molar-refractivity contribution in [1.82, 2.24) is 10.2 Å². The van der Waals surface area contributed by atoms with Crippen molar-refractivity contribution in [3.63, 3.8) is 0 Å². The minimum absolute atomic E-state index is 0.0371. The predicted octanol–water partition coefficient (Wildman–Crippen LogP) is 2.08. The maximum Gasteiger partial charge on any atom is 0.254 e. The second kappa shape index (κ2) is 8.44. The van der Waals surface area contributed by atoms with E-state index in [1.165, 1.54) is 0 Å². The summed E-state index contributed by atoms with van der Waals surface area (Å²) in [4.78, 5) is 38.9. The summed E-state index contributed by atoms with van der Waals surface area (Å²) in [5.41, 5.74) is 2.20. The van der Waals surface area contributed by atoms with Crippen LogP contribution in [0.3, 0.4) is 0 Å². The maximum atomic E-state index is 12.9. The van der Waals surface area contributed by atoms with Crippen LogP contribution in [0, 0.1) is 6.92 Å². The molecular weight excluding hydrogens is 386 g/mol. The van der Waals surface area contributed by atoms with E-state index in [0.717, 1.165) is 18.4 Å². The number of ether oxygens (including phenoxy) is 2. The van der Waals surface area contributed by atoms with Crippen molar-refractivity contribution in [2.75, 3.05) is 25.2 Å². The fourth-order valence-corrected chi connectivity index (χ4v) is 3.18. The summed E-state index contributed by atoms with van der Waals surface area (Å²) in [6, 6.07) is 12.4. The Balaban J connectivity index is 1.32. The maximum absolute atomic E-state index is 12.9. The van der Waals surface area contributed by atoms with Gasteiger partial charge in [-0.2, -0.15) is 0 Å². The normalized spacial score (nSPS) is 14.2. The molecule has 8 heteroatoms. The third-order valence-electron chi connectivity index (χ3n) is 4.96. The standard InChI is InChI=1S/C22H23N3O5/c1-14-2-5-16(6-3-14)24-20(26)11-23-21(27)12-25(17-7-8-17)22(28)15-4-9-18-19(10-15)30-13-29-18/h2-6,9-10,17H,7-8,11-13H2,1H3,(H,23,27)(H,24,26). The summed E-state index contributed by atoms with van der Waals surface area (Å²) in [6.07, 6.45) is 1.72. The van der Waals surface area contributed by atoms with Crippen LogP contribution in [0.2, 0.25) is 0 Å². The molecule has 2 aromatic carbocycles. The molecule has 1 heterocycles.